The summed E-state index contributed by atoms with van der Waals surface area (Å²) in [6, 6.07) is 0. The molecule has 1 atom stereocenters. The topological polar surface area (TPSA) is 88.1 Å². The summed E-state index contributed by atoms with van der Waals surface area (Å²) >= 11 is 3.33. The maximum absolute atomic E-state index is 12.9. The molecule has 2 rings (SSSR count). The van der Waals surface area contributed by atoms with Gasteiger partial charge in [0.1, 0.15) is 12.5 Å². The van der Waals surface area contributed by atoms with Gasteiger partial charge in [0.15, 0.2) is 15.9 Å². The summed E-state index contributed by atoms with van der Waals surface area (Å²) in [5.41, 5.74) is -0.103. The molecule has 0 saturated heterocycles. The van der Waals surface area contributed by atoms with Crippen molar-refractivity contribution >= 4 is 32.9 Å². The van der Waals surface area contributed by atoms with Crippen LogP contribution in [-0.2, 0) is 29.9 Å². The first-order valence-corrected chi connectivity index (χ1v) is 9.52. The Hall–Kier alpha value is -1.74. The van der Waals surface area contributed by atoms with Gasteiger partial charge < -0.3 is 4.74 Å². The van der Waals surface area contributed by atoms with Crippen molar-refractivity contribution in [3.8, 4) is 0 Å². The molecule has 0 N–H and O–H groups in total. The number of nitrogens with zero attached hydrogens (tertiary/aromatic N) is 4. The molecule has 0 spiro atoms. The number of carbonyl (C=O) groups excluding carboxylic acids is 1. The third kappa shape index (κ3) is 4.15. The van der Waals surface area contributed by atoms with E-state index in [2.05, 4.69) is 20.9 Å². The molecule has 0 fully saturated rings. The largest absolute Gasteiger partial charge is 0.361 e. The molecular weight excluding hydrogens is 404 g/mol. The van der Waals surface area contributed by atoms with E-state index in [0.29, 0.717) is 35.5 Å². The number of ether oxygens (including phenoxy) is 1. The van der Waals surface area contributed by atoms with Crippen LogP contribution in [0.5, 0.6) is 0 Å². The van der Waals surface area contributed by atoms with Gasteiger partial charge in [-0.05, 0) is 42.6 Å². The summed E-state index contributed by atoms with van der Waals surface area (Å²) in [5, 5.41) is 0. The number of hydrogen-bond acceptors (Lipinski definition) is 5. The smallest absolute Gasteiger partial charge is 0.332 e. The van der Waals surface area contributed by atoms with E-state index < -0.39 is 5.69 Å². The lowest BCUT2D eigenvalue weighted by Crippen LogP contribution is -2.39. The lowest BCUT2D eigenvalue weighted by atomic mass is 10.0. The van der Waals surface area contributed by atoms with Crippen LogP contribution in [0, 0.1) is 5.92 Å². The van der Waals surface area contributed by atoms with E-state index in [1.54, 1.807) is 18.5 Å². The molecule has 0 unspecified atom stereocenters. The molecule has 0 saturated carbocycles. The van der Waals surface area contributed by atoms with E-state index in [9.17, 15) is 14.4 Å². The van der Waals surface area contributed by atoms with Gasteiger partial charge in [-0.15, -0.1) is 0 Å². The summed E-state index contributed by atoms with van der Waals surface area (Å²) in [7, 11) is 1.60. The molecule has 9 heteroatoms. The van der Waals surface area contributed by atoms with Crippen molar-refractivity contribution in [1.29, 1.82) is 0 Å². The molecule has 0 bridgehead atoms. The molecule has 2 aromatic heterocycles. The van der Waals surface area contributed by atoms with Crippen molar-refractivity contribution in [2.24, 2.45) is 13.0 Å². The number of ketones is 1. The van der Waals surface area contributed by atoms with Gasteiger partial charge in [0.2, 0.25) is 0 Å². The lowest BCUT2D eigenvalue weighted by Gasteiger charge is -2.11. The van der Waals surface area contributed by atoms with Crippen molar-refractivity contribution < 1.29 is 9.53 Å². The minimum absolute atomic E-state index is 0.000570. The van der Waals surface area contributed by atoms with Crippen LogP contribution < -0.4 is 11.2 Å². The highest BCUT2D eigenvalue weighted by Crippen LogP contribution is 2.16. The fourth-order valence-corrected chi connectivity index (χ4v) is 3.21. The van der Waals surface area contributed by atoms with E-state index >= 15 is 0 Å². The number of aryl methyl sites for hydroxylation is 1. The number of unbranched alkanes of at least 4 members (excludes halogenated alkanes) is 1. The maximum Gasteiger partial charge on any atom is 0.332 e. The van der Waals surface area contributed by atoms with Crippen LogP contribution in [0.4, 0.5) is 0 Å². The van der Waals surface area contributed by atoms with Gasteiger partial charge in [0.05, 0.1) is 0 Å². The number of fused-ring (bicyclic) bond motifs is 1. The molecule has 0 aliphatic rings. The average molecular weight is 429 g/mol. The normalized spacial score (nSPS) is 12.7. The number of Topliss-reactive ketones (excluding diaryl/α,β-unsaturated/α-hetero) is 1. The highest BCUT2D eigenvalue weighted by atomic mass is 79.9. The van der Waals surface area contributed by atoms with Gasteiger partial charge in [-0.25, -0.2) is 9.78 Å². The van der Waals surface area contributed by atoms with Gasteiger partial charge in [-0.3, -0.25) is 23.3 Å². The van der Waals surface area contributed by atoms with Crippen molar-refractivity contribution in [3.63, 3.8) is 0 Å². The highest BCUT2D eigenvalue weighted by molar-refractivity contribution is 9.10. The first-order valence-electron chi connectivity index (χ1n) is 8.73. The second kappa shape index (κ2) is 8.77. The zero-order chi connectivity index (χ0) is 19.4. The maximum atomic E-state index is 12.9. The number of rotatable bonds is 9. The van der Waals surface area contributed by atoms with Gasteiger partial charge in [0.25, 0.3) is 5.56 Å². The zero-order valence-electron chi connectivity index (χ0n) is 15.6. The van der Waals surface area contributed by atoms with E-state index in [-0.39, 0.29) is 24.0 Å². The van der Waals surface area contributed by atoms with Crippen LogP contribution in [0.3, 0.4) is 0 Å². The average Bonchev–Trinajstić information content (AvgIpc) is 2.93. The molecule has 8 nitrogen and oxygen atoms in total. The van der Waals surface area contributed by atoms with Gasteiger partial charge in [-0.1, -0.05) is 13.3 Å². The van der Waals surface area contributed by atoms with Crippen LogP contribution in [0.15, 0.2) is 14.3 Å². The third-order valence-electron chi connectivity index (χ3n) is 4.57. The summed E-state index contributed by atoms with van der Waals surface area (Å²) in [5.74, 6) is 0.157. The lowest BCUT2D eigenvalue weighted by molar-refractivity contribution is -0.120. The summed E-state index contributed by atoms with van der Waals surface area (Å²) in [4.78, 5) is 41.0. The Balaban J connectivity index is 2.33. The minimum Gasteiger partial charge on any atom is -0.361 e. The number of hydrogen-bond donors (Lipinski definition) is 0. The first-order chi connectivity index (χ1) is 12.3. The molecule has 0 radical (unpaired) electrons. The quantitative estimate of drug-likeness (QED) is 0.450. The minimum atomic E-state index is -0.393. The fourth-order valence-electron chi connectivity index (χ4n) is 2.77. The molecule has 0 aliphatic heterocycles. The Labute approximate surface area is 159 Å². The van der Waals surface area contributed by atoms with Crippen LogP contribution in [0.2, 0.25) is 0 Å². The fraction of sp³-hybridized carbons (Fsp3) is 0.647. The molecule has 2 heterocycles. The van der Waals surface area contributed by atoms with E-state index in [1.807, 2.05) is 13.8 Å². The van der Waals surface area contributed by atoms with Crippen molar-refractivity contribution in [1.82, 2.24) is 18.7 Å². The Morgan fingerprint density at radius 2 is 1.96 bits per heavy atom. The highest BCUT2D eigenvalue weighted by Gasteiger charge is 2.19. The van der Waals surface area contributed by atoms with Crippen LogP contribution in [-0.4, -0.2) is 31.1 Å². The van der Waals surface area contributed by atoms with Gasteiger partial charge in [-0.2, -0.15) is 0 Å². The van der Waals surface area contributed by atoms with Crippen molar-refractivity contribution in [3.05, 3.63) is 25.6 Å². The van der Waals surface area contributed by atoms with Crippen molar-refractivity contribution in [2.75, 3.05) is 6.61 Å². The SMILES string of the molecule is CCOCn1c(Br)nc2c1c(=O)n(CCCC[C@@H](C)C(C)=O)c(=O)n2C. The van der Waals surface area contributed by atoms with Crippen molar-refractivity contribution in [2.45, 2.75) is 53.3 Å². The molecular formula is C17H25BrN4O4. The Morgan fingerprint density at radius 1 is 1.27 bits per heavy atom. The molecule has 26 heavy (non-hydrogen) atoms. The molecule has 0 amide bonds. The summed E-state index contributed by atoms with van der Waals surface area (Å²) < 4.78 is 10.1. The third-order valence-corrected chi connectivity index (χ3v) is 5.18. The molecule has 144 valence electrons. The molecule has 2 aromatic rings. The van der Waals surface area contributed by atoms with E-state index in [4.69, 9.17) is 4.74 Å². The number of imidazole rings is 1. The zero-order valence-corrected chi connectivity index (χ0v) is 17.2. The first kappa shape index (κ1) is 20.6. The summed E-state index contributed by atoms with van der Waals surface area (Å²) in [6.07, 6.45) is 2.18. The summed E-state index contributed by atoms with van der Waals surface area (Å²) in [6.45, 7) is 6.32. The second-order valence-electron chi connectivity index (χ2n) is 6.41. The van der Waals surface area contributed by atoms with Crippen LogP contribution in [0.1, 0.15) is 40.0 Å². The predicted octanol–water partition coefficient (Wildman–Crippen LogP) is 2.05. The van der Waals surface area contributed by atoms with Gasteiger partial charge in [0, 0.05) is 26.1 Å². The monoisotopic (exact) mass is 428 g/mol. The van der Waals surface area contributed by atoms with Gasteiger partial charge >= 0.3 is 5.69 Å². The van der Waals surface area contributed by atoms with E-state index in [0.717, 1.165) is 12.8 Å². The molecule has 0 aromatic carbocycles. The predicted molar refractivity (Wildman–Crippen MR) is 102 cm³/mol. The number of aromatic nitrogens is 4. The van der Waals surface area contributed by atoms with Crippen LogP contribution in [0.25, 0.3) is 11.2 Å². The Kier molecular flexibility index (Phi) is 6.94. The molecule has 0 aliphatic carbocycles. The van der Waals surface area contributed by atoms with E-state index in [1.165, 1.54) is 9.13 Å². The number of carbonyl (C=O) groups is 1. The Morgan fingerprint density at radius 3 is 2.58 bits per heavy atom. The standard InChI is InChI=1S/C17H25BrN4O4/c1-5-26-10-22-13-14(19-16(22)18)20(4)17(25)21(15(13)24)9-7-6-8-11(2)12(3)23/h11H,5-10H2,1-4H3/t11-/m1/s1. The van der Waals surface area contributed by atoms with Crippen LogP contribution >= 0.6 is 15.9 Å². The Bertz CT molecular complexity index is 912. The second-order valence-corrected chi connectivity index (χ2v) is 7.12. The number of halogens is 1.